The van der Waals surface area contributed by atoms with Gasteiger partial charge in [-0.1, -0.05) is 0 Å². The van der Waals surface area contributed by atoms with E-state index in [-0.39, 0.29) is 6.04 Å². The van der Waals surface area contributed by atoms with E-state index in [0.717, 1.165) is 66.1 Å². The van der Waals surface area contributed by atoms with Crippen molar-refractivity contribution in [2.75, 3.05) is 38.2 Å². The van der Waals surface area contributed by atoms with Crippen molar-refractivity contribution in [1.29, 1.82) is 0 Å². The highest BCUT2D eigenvalue weighted by molar-refractivity contribution is 5.98. The summed E-state index contributed by atoms with van der Waals surface area (Å²) in [5, 5.41) is 0. The van der Waals surface area contributed by atoms with Crippen LogP contribution < -0.4 is 9.64 Å². The van der Waals surface area contributed by atoms with Gasteiger partial charge in [0.1, 0.15) is 5.75 Å². The predicted molar refractivity (Wildman–Crippen MR) is 99.7 cm³/mol. The van der Waals surface area contributed by atoms with Crippen LogP contribution >= 0.6 is 0 Å². The van der Waals surface area contributed by atoms with Crippen molar-refractivity contribution in [2.45, 2.75) is 53.5 Å². The molecule has 1 aromatic carbocycles. The molecule has 1 aliphatic rings. The second kappa shape index (κ2) is 7.56. The number of carbonyl (C=O) groups is 1. The van der Waals surface area contributed by atoms with Crippen molar-refractivity contribution in [3.05, 3.63) is 23.3 Å². The number of amides is 1. The highest BCUT2D eigenvalue weighted by Crippen LogP contribution is 2.34. The lowest BCUT2D eigenvalue weighted by Gasteiger charge is -2.46. The Hall–Kier alpha value is -1.55. The molecular formula is C20H33N2O2+. The fraction of sp³-hybridized carbons (Fsp3) is 0.650. The van der Waals surface area contributed by atoms with E-state index in [1.165, 1.54) is 0 Å². The van der Waals surface area contributed by atoms with Gasteiger partial charge in [-0.3, -0.25) is 4.79 Å². The summed E-state index contributed by atoms with van der Waals surface area (Å²) in [6.07, 6.45) is 2.07. The third-order valence-corrected chi connectivity index (χ3v) is 5.93. The number of ether oxygens (including phenoxy) is 1. The van der Waals surface area contributed by atoms with Gasteiger partial charge in [0.15, 0.2) is 6.04 Å². The summed E-state index contributed by atoms with van der Waals surface area (Å²) in [7, 11) is 1.69. The van der Waals surface area contributed by atoms with Gasteiger partial charge < -0.3 is 14.1 Å². The van der Waals surface area contributed by atoms with Crippen molar-refractivity contribution in [3.63, 3.8) is 0 Å². The molecule has 1 saturated heterocycles. The number of methoxy groups -OCH3 is 1. The van der Waals surface area contributed by atoms with Crippen LogP contribution in [0.5, 0.6) is 5.75 Å². The van der Waals surface area contributed by atoms with Gasteiger partial charge in [0.25, 0.3) is 5.91 Å². The van der Waals surface area contributed by atoms with Crippen molar-refractivity contribution >= 4 is 11.6 Å². The fourth-order valence-electron chi connectivity index (χ4n) is 4.38. The van der Waals surface area contributed by atoms with Crippen molar-refractivity contribution in [3.8, 4) is 5.75 Å². The normalized spacial score (nSPS) is 18.8. The Kier molecular flexibility index (Phi) is 5.92. The van der Waals surface area contributed by atoms with Gasteiger partial charge in [0.05, 0.1) is 26.7 Å². The molecule has 0 N–H and O–H groups in total. The van der Waals surface area contributed by atoms with E-state index in [0.29, 0.717) is 5.91 Å². The van der Waals surface area contributed by atoms with Crippen LogP contribution in [0.3, 0.4) is 0 Å². The van der Waals surface area contributed by atoms with Crippen LogP contribution in [-0.2, 0) is 4.79 Å². The van der Waals surface area contributed by atoms with Crippen molar-refractivity contribution in [1.82, 2.24) is 0 Å². The van der Waals surface area contributed by atoms with E-state index < -0.39 is 0 Å². The third-order valence-electron chi connectivity index (χ3n) is 5.93. The average Bonchev–Trinajstić information content (AvgIpc) is 2.58. The average molecular weight is 333 g/mol. The summed E-state index contributed by atoms with van der Waals surface area (Å²) in [4.78, 5) is 15.4. The zero-order valence-electron chi connectivity index (χ0n) is 16.2. The van der Waals surface area contributed by atoms with Crippen LogP contribution in [0.25, 0.3) is 0 Å². The van der Waals surface area contributed by atoms with Crippen LogP contribution in [-0.4, -0.2) is 49.7 Å². The summed E-state index contributed by atoms with van der Waals surface area (Å²) in [6.45, 7) is 14.6. The lowest BCUT2D eigenvalue weighted by Crippen LogP contribution is -2.63. The fourth-order valence-corrected chi connectivity index (χ4v) is 4.38. The predicted octanol–water partition coefficient (Wildman–Crippen LogP) is 3.68. The molecule has 4 nitrogen and oxygen atoms in total. The van der Waals surface area contributed by atoms with E-state index in [2.05, 4.69) is 34.6 Å². The van der Waals surface area contributed by atoms with Gasteiger partial charge in [-0.05, 0) is 64.3 Å². The number of likely N-dealkylation sites (N-methyl/N-ethyl adjacent to an activating group) is 1. The van der Waals surface area contributed by atoms with Crippen molar-refractivity contribution in [2.24, 2.45) is 0 Å². The number of hydrogen-bond acceptors (Lipinski definition) is 2. The van der Waals surface area contributed by atoms with E-state index >= 15 is 0 Å². The minimum absolute atomic E-state index is 0.0830. The number of aryl methyl sites for hydroxylation is 2. The highest BCUT2D eigenvalue weighted by Gasteiger charge is 2.43. The maximum atomic E-state index is 13.4. The Bertz CT molecular complexity index is 562. The molecule has 1 fully saturated rings. The van der Waals surface area contributed by atoms with Gasteiger partial charge in [-0.15, -0.1) is 0 Å². The highest BCUT2D eigenvalue weighted by atomic mass is 16.5. The number of nitrogens with zero attached hydrogens (tertiary/aromatic N) is 2. The summed E-state index contributed by atoms with van der Waals surface area (Å²) in [5.74, 6) is 1.15. The number of rotatable bonds is 6. The number of quaternary nitrogens is 1. The smallest absolute Gasteiger partial charge is 0.285 e. The first kappa shape index (κ1) is 18.8. The molecular weight excluding hydrogens is 300 g/mol. The molecule has 24 heavy (non-hydrogen) atoms. The molecule has 1 unspecified atom stereocenters. The zero-order chi connectivity index (χ0) is 17.9. The minimum atomic E-state index is 0.0830. The topological polar surface area (TPSA) is 29.5 Å². The molecule has 0 bridgehead atoms. The first-order valence-corrected chi connectivity index (χ1v) is 9.26. The third kappa shape index (κ3) is 3.16. The molecule has 0 radical (unpaired) electrons. The lowest BCUT2D eigenvalue weighted by atomic mass is 9.97. The molecule has 4 heteroatoms. The Labute approximate surface area is 147 Å². The van der Waals surface area contributed by atoms with Crippen LogP contribution in [0.4, 0.5) is 5.69 Å². The summed E-state index contributed by atoms with van der Waals surface area (Å²) >= 11 is 0. The van der Waals surface area contributed by atoms with E-state index in [1.54, 1.807) is 7.11 Å². The number of hydrogen-bond donors (Lipinski definition) is 0. The molecule has 0 aromatic heterocycles. The van der Waals surface area contributed by atoms with Gasteiger partial charge in [0, 0.05) is 18.7 Å². The number of anilines is 1. The molecule has 0 spiro atoms. The first-order valence-electron chi connectivity index (χ1n) is 9.26. The maximum absolute atomic E-state index is 13.4. The molecule has 1 aliphatic heterocycles. The second-order valence-electron chi connectivity index (χ2n) is 6.92. The maximum Gasteiger partial charge on any atom is 0.285 e. The largest absolute Gasteiger partial charge is 0.497 e. The summed E-state index contributed by atoms with van der Waals surface area (Å²) in [6, 6.07) is 4.14. The molecule has 1 heterocycles. The molecule has 0 saturated carbocycles. The zero-order valence-corrected chi connectivity index (χ0v) is 16.2. The van der Waals surface area contributed by atoms with E-state index in [1.807, 2.05) is 17.0 Å². The van der Waals surface area contributed by atoms with Crippen LogP contribution in [0, 0.1) is 13.8 Å². The number of carbonyl (C=O) groups excluding carboxylic acids is 1. The first-order chi connectivity index (χ1) is 11.4. The number of piperidine rings is 1. The SMILES string of the molecule is CC[N+](CC)(CC)C1CCCN(c2c(C)cc(OC)cc2C)C1=O. The standard InChI is InChI=1S/C20H33N2O2/c1-7-22(8-2,9-3)18-11-10-12-21(20(18)23)19-15(4)13-17(24-6)14-16(19)5/h13-14,18H,7-12H2,1-6H3/q+1. The minimum Gasteiger partial charge on any atom is -0.497 e. The molecule has 1 amide bonds. The molecule has 1 atom stereocenters. The lowest BCUT2D eigenvalue weighted by molar-refractivity contribution is -0.938. The second-order valence-corrected chi connectivity index (χ2v) is 6.92. The van der Waals surface area contributed by atoms with Gasteiger partial charge in [-0.2, -0.15) is 0 Å². The van der Waals surface area contributed by atoms with Crippen LogP contribution in [0.1, 0.15) is 44.7 Å². The quantitative estimate of drug-likeness (QED) is 0.743. The van der Waals surface area contributed by atoms with E-state index in [9.17, 15) is 4.79 Å². The Morgan fingerprint density at radius 3 is 2.12 bits per heavy atom. The summed E-state index contributed by atoms with van der Waals surface area (Å²) in [5.41, 5.74) is 3.30. The Balaban J connectivity index is 2.41. The molecule has 0 aliphatic carbocycles. The molecule has 134 valence electrons. The van der Waals surface area contributed by atoms with Crippen LogP contribution in [0.2, 0.25) is 0 Å². The molecule has 1 aromatic rings. The van der Waals surface area contributed by atoms with Gasteiger partial charge >= 0.3 is 0 Å². The van der Waals surface area contributed by atoms with Crippen LogP contribution in [0.15, 0.2) is 12.1 Å². The summed E-state index contributed by atoms with van der Waals surface area (Å²) < 4.78 is 6.26. The van der Waals surface area contributed by atoms with E-state index in [4.69, 9.17) is 4.74 Å². The van der Waals surface area contributed by atoms with Gasteiger partial charge in [-0.25, -0.2) is 0 Å². The number of benzene rings is 1. The Morgan fingerprint density at radius 1 is 1.12 bits per heavy atom. The Morgan fingerprint density at radius 2 is 1.67 bits per heavy atom. The van der Waals surface area contributed by atoms with Crippen molar-refractivity contribution < 1.29 is 14.0 Å². The monoisotopic (exact) mass is 333 g/mol. The van der Waals surface area contributed by atoms with Gasteiger partial charge in [0.2, 0.25) is 0 Å². The molecule has 2 rings (SSSR count).